The number of unbranched alkanes of at least 4 members (excludes halogenated alkanes) is 1. The molecule has 4 rings (SSSR count). The third kappa shape index (κ3) is 6.55. The molecule has 1 amide bonds. The molecule has 1 aromatic heterocycles. The highest BCUT2D eigenvalue weighted by atomic mass is 32.2. The Balaban J connectivity index is 1.58. The standard InChI is InChI=1S/C33H35N3O5S/c1-4-6-10-23(5-2)33(38)35-27-16-15-24-17-18-36(29(24)20-27)22-26-14-13-25(19-30(26)41-3)32(37)31(21-34)42(39,40)28-11-8-7-9-12-28/h7-9,11-20,23,31H,4-6,10,22H2,1-3H3,(H,35,38). The second kappa shape index (κ2) is 13.5. The Morgan fingerprint density at radius 2 is 1.79 bits per heavy atom. The van der Waals surface area contributed by atoms with Crippen LogP contribution in [0, 0.1) is 17.2 Å². The summed E-state index contributed by atoms with van der Waals surface area (Å²) in [6, 6.07) is 21.6. The molecule has 1 N–H and O–H groups in total. The maximum absolute atomic E-state index is 13.2. The van der Waals surface area contributed by atoms with Gasteiger partial charge in [0.1, 0.15) is 5.75 Å². The number of methoxy groups -OCH3 is 1. The molecular formula is C33H35N3O5S. The van der Waals surface area contributed by atoms with Gasteiger partial charge in [0.2, 0.25) is 21.0 Å². The number of amides is 1. The molecule has 2 atom stereocenters. The zero-order valence-corrected chi connectivity index (χ0v) is 24.9. The van der Waals surface area contributed by atoms with E-state index in [0.29, 0.717) is 12.3 Å². The van der Waals surface area contributed by atoms with Crippen molar-refractivity contribution >= 4 is 38.1 Å². The van der Waals surface area contributed by atoms with Crippen molar-refractivity contribution in [2.24, 2.45) is 5.92 Å². The number of ether oxygens (including phenoxy) is 1. The fourth-order valence-electron chi connectivity index (χ4n) is 4.99. The van der Waals surface area contributed by atoms with E-state index in [1.807, 2.05) is 42.0 Å². The maximum atomic E-state index is 13.2. The van der Waals surface area contributed by atoms with Gasteiger partial charge < -0.3 is 14.6 Å². The van der Waals surface area contributed by atoms with Crippen LogP contribution >= 0.6 is 0 Å². The number of carbonyl (C=O) groups excluding carboxylic acids is 2. The molecule has 3 aromatic carbocycles. The summed E-state index contributed by atoms with van der Waals surface area (Å²) in [5.74, 6) is -0.429. The molecule has 0 aliphatic carbocycles. The maximum Gasteiger partial charge on any atom is 0.227 e. The number of fused-ring (bicyclic) bond motifs is 1. The summed E-state index contributed by atoms with van der Waals surface area (Å²) in [6.45, 7) is 4.55. The summed E-state index contributed by atoms with van der Waals surface area (Å²) in [5, 5.41) is 11.8. The molecule has 0 fully saturated rings. The molecule has 0 saturated heterocycles. The van der Waals surface area contributed by atoms with Crippen LogP contribution < -0.4 is 10.1 Å². The minimum Gasteiger partial charge on any atom is -0.496 e. The van der Waals surface area contributed by atoms with E-state index in [-0.39, 0.29) is 22.3 Å². The van der Waals surface area contributed by atoms with Gasteiger partial charge in [0.25, 0.3) is 0 Å². The minimum atomic E-state index is -4.20. The number of anilines is 1. The lowest BCUT2D eigenvalue weighted by atomic mass is 9.98. The Bertz CT molecular complexity index is 1720. The van der Waals surface area contributed by atoms with Crippen LogP contribution in [0.5, 0.6) is 5.75 Å². The summed E-state index contributed by atoms with van der Waals surface area (Å²) in [7, 11) is -2.73. The van der Waals surface area contributed by atoms with Gasteiger partial charge >= 0.3 is 0 Å². The van der Waals surface area contributed by atoms with Crippen molar-refractivity contribution in [2.45, 2.75) is 56.2 Å². The zero-order chi connectivity index (χ0) is 30.3. The first-order valence-electron chi connectivity index (χ1n) is 14.0. The van der Waals surface area contributed by atoms with Crippen molar-refractivity contribution in [1.29, 1.82) is 5.26 Å². The predicted octanol–water partition coefficient (Wildman–Crippen LogP) is 6.40. The number of hydrogen-bond acceptors (Lipinski definition) is 6. The van der Waals surface area contributed by atoms with Crippen molar-refractivity contribution in [3.8, 4) is 11.8 Å². The summed E-state index contributed by atoms with van der Waals surface area (Å²) in [4.78, 5) is 26.0. The summed E-state index contributed by atoms with van der Waals surface area (Å²) < 4.78 is 33.6. The third-order valence-electron chi connectivity index (χ3n) is 7.46. The topological polar surface area (TPSA) is 118 Å². The first-order valence-corrected chi connectivity index (χ1v) is 15.6. The predicted molar refractivity (Wildman–Crippen MR) is 163 cm³/mol. The molecule has 2 unspecified atom stereocenters. The van der Waals surface area contributed by atoms with Crippen LogP contribution in [0.4, 0.5) is 5.69 Å². The Morgan fingerprint density at radius 1 is 1.02 bits per heavy atom. The number of carbonyl (C=O) groups is 2. The summed E-state index contributed by atoms with van der Waals surface area (Å²) in [5.41, 5.74) is 2.45. The zero-order valence-electron chi connectivity index (χ0n) is 24.0. The van der Waals surface area contributed by atoms with Crippen molar-refractivity contribution in [3.63, 3.8) is 0 Å². The lowest BCUT2D eigenvalue weighted by Gasteiger charge is -2.16. The molecule has 42 heavy (non-hydrogen) atoms. The lowest BCUT2D eigenvalue weighted by Crippen LogP contribution is -2.29. The average molecular weight is 586 g/mol. The molecule has 4 aromatic rings. The molecule has 0 aliphatic rings. The fraction of sp³-hybridized carbons (Fsp3) is 0.303. The van der Waals surface area contributed by atoms with Crippen molar-refractivity contribution in [3.05, 3.63) is 90.1 Å². The first kappa shape index (κ1) is 30.5. The van der Waals surface area contributed by atoms with Gasteiger partial charge in [-0.05, 0) is 54.6 Å². The normalized spacial score (nSPS) is 12.8. The van der Waals surface area contributed by atoms with E-state index in [9.17, 15) is 23.3 Å². The summed E-state index contributed by atoms with van der Waals surface area (Å²) in [6.07, 6.45) is 5.65. The number of sulfone groups is 1. The highest BCUT2D eigenvalue weighted by molar-refractivity contribution is 7.93. The lowest BCUT2D eigenvalue weighted by molar-refractivity contribution is -0.120. The second-order valence-electron chi connectivity index (χ2n) is 10.2. The number of rotatable bonds is 13. The number of aromatic nitrogens is 1. The van der Waals surface area contributed by atoms with Crippen molar-refractivity contribution < 1.29 is 22.7 Å². The number of hydrogen-bond donors (Lipinski definition) is 1. The van der Waals surface area contributed by atoms with Gasteiger partial charge in [-0.1, -0.05) is 63.1 Å². The monoisotopic (exact) mass is 585 g/mol. The molecule has 0 saturated carbocycles. The van der Waals surface area contributed by atoms with Crippen LogP contribution in [0.15, 0.2) is 83.9 Å². The SMILES string of the molecule is CCCCC(CC)C(=O)Nc1ccc2ccn(Cc3ccc(C(=O)C(C#N)S(=O)(=O)c4ccccc4)cc3OC)c2c1. The molecule has 0 aliphatic heterocycles. The number of nitriles is 1. The Morgan fingerprint density at radius 3 is 2.45 bits per heavy atom. The van der Waals surface area contributed by atoms with Crippen molar-refractivity contribution in [2.75, 3.05) is 12.4 Å². The van der Waals surface area contributed by atoms with E-state index in [2.05, 4.69) is 12.2 Å². The van der Waals surface area contributed by atoms with E-state index in [1.165, 1.54) is 31.4 Å². The van der Waals surface area contributed by atoms with Gasteiger partial charge in [0.05, 0.1) is 30.1 Å². The van der Waals surface area contributed by atoms with E-state index >= 15 is 0 Å². The number of nitrogens with zero attached hydrogens (tertiary/aromatic N) is 2. The Hall–Kier alpha value is -4.42. The molecule has 1 heterocycles. The van der Waals surface area contributed by atoms with Crippen LogP contribution in [-0.2, 0) is 21.2 Å². The van der Waals surface area contributed by atoms with E-state index in [4.69, 9.17) is 4.74 Å². The first-order chi connectivity index (χ1) is 20.2. The number of benzene rings is 3. The van der Waals surface area contributed by atoms with Gasteiger partial charge in [0.15, 0.2) is 5.78 Å². The third-order valence-corrected chi connectivity index (χ3v) is 9.33. The summed E-state index contributed by atoms with van der Waals surface area (Å²) >= 11 is 0. The van der Waals surface area contributed by atoms with Gasteiger partial charge in [-0.2, -0.15) is 5.26 Å². The fourth-order valence-corrected chi connectivity index (χ4v) is 6.36. The number of nitrogens with one attached hydrogen (secondary N) is 1. The van der Waals surface area contributed by atoms with Gasteiger partial charge in [0, 0.05) is 28.9 Å². The van der Waals surface area contributed by atoms with Crippen molar-refractivity contribution in [1.82, 2.24) is 4.57 Å². The quantitative estimate of drug-likeness (QED) is 0.181. The van der Waals surface area contributed by atoms with E-state index in [1.54, 1.807) is 30.3 Å². The smallest absolute Gasteiger partial charge is 0.227 e. The van der Waals surface area contributed by atoms with E-state index in [0.717, 1.165) is 47.8 Å². The second-order valence-corrected chi connectivity index (χ2v) is 12.2. The molecule has 0 spiro atoms. The van der Waals surface area contributed by atoms with E-state index < -0.39 is 20.9 Å². The molecule has 218 valence electrons. The Labute approximate surface area is 246 Å². The Kier molecular flexibility index (Phi) is 9.81. The van der Waals surface area contributed by atoms with Crippen LogP contribution in [0.3, 0.4) is 0 Å². The van der Waals surface area contributed by atoms with Gasteiger partial charge in [-0.3, -0.25) is 9.59 Å². The van der Waals surface area contributed by atoms with Crippen LogP contribution in [0.1, 0.15) is 55.5 Å². The van der Waals surface area contributed by atoms with Gasteiger partial charge in [-0.25, -0.2) is 8.42 Å². The van der Waals surface area contributed by atoms with Crippen LogP contribution in [-0.4, -0.2) is 37.0 Å². The number of Topliss-reactive ketones (excluding diaryl/α,β-unsaturated/α-hetero) is 1. The average Bonchev–Trinajstić information content (AvgIpc) is 3.40. The largest absolute Gasteiger partial charge is 0.496 e. The molecule has 0 radical (unpaired) electrons. The number of ketones is 1. The van der Waals surface area contributed by atoms with Crippen LogP contribution in [0.25, 0.3) is 10.9 Å². The van der Waals surface area contributed by atoms with Crippen LogP contribution in [0.2, 0.25) is 0 Å². The molecule has 8 nitrogen and oxygen atoms in total. The molecule has 9 heteroatoms. The minimum absolute atomic E-state index is 0.0234. The van der Waals surface area contributed by atoms with Gasteiger partial charge in [-0.15, -0.1) is 0 Å². The molecular weight excluding hydrogens is 550 g/mol. The molecule has 0 bridgehead atoms. The highest BCUT2D eigenvalue weighted by Gasteiger charge is 2.35. The highest BCUT2D eigenvalue weighted by Crippen LogP contribution is 2.28.